The Labute approximate surface area is 121 Å². The van der Waals surface area contributed by atoms with Gasteiger partial charge in [-0.25, -0.2) is 4.39 Å². The molecule has 6 heteroatoms. The van der Waals surface area contributed by atoms with Gasteiger partial charge in [-0.05, 0) is 24.3 Å². The summed E-state index contributed by atoms with van der Waals surface area (Å²) in [6, 6.07) is 9.01. The number of anilines is 2. The van der Waals surface area contributed by atoms with Crippen molar-refractivity contribution in [2.45, 2.75) is 0 Å². The molecular formula is C15H15FN2O3. The fraction of sp³-hybridized carbons (Fsp3) is 0.133. The number of carbonyl (C=O) groups is 1. The second-order valence-corrected chi connectivity index (χ2v) is 4.22. The van der Waals surface area contributed by atoms with Gasteiger partial charge < -0.3 is 20.5 Å². The number of para-hydroxylation sites is 1. The van der Waals surface area contributed by atoms with Crippen molar-refractivity contribution in [3.8, 4) is 11.5 Å². The van der Waals surface area contributed by atoms with E-state index in [1.807, 2.05) is 0 Å². The fourth-order valence-corrected chi connectivity index (χ4v) is 1.86. The molecule has 3 N–H and O–H groups in total. The van der Waals surface area contributed by atoms with Crippen LogP contribution in [0.3, 0.4) is 0 Å². The number of halogens is 1. The van der Waals surface area contributed by atoms with E-state index < -0.39 is 11.7 Å². The predicted molar refractivity (Wildman–Crippen MR) is 78.3 cm³/mol. The van der Waals surface area contributed by atoms with Crippen LogP contribution in [0.25, 0.3) is 0 Å². The Morgan fingerprint density at radius 2 is 1.86 bits per heavy atom. The van der Waals surface area contributed by atoms with Crippen LogP contribution in [0.1, 0.15) is 10.4 Å². The summed E-state index contributed by atoms with van der Waals surface area (Å²) >= 11 is 0. The maximum absolute atomic E-state index is 13.6. The van der Waals surface area contributed by atoms with Crippen molar-refractivity contribution in [2.24, 2.45) is 0 Å². The van der Waals surface area contributed by atoms with Crippen molar-refractivity contribution < 1.29 is 18.7 Å². The van der Waals surface area contributed by atoms with Crippen LogP contribution in [-0.4, -0.2) is 20.1 Å². The van der Waals surface area contributed by atoms with Crippen molar-refractivity contribution in [1.29, 1.82) is 0 Å². The number of nitrogens with two attached hydrogens (primary N) is 1. The number of methoxy groups -OCH3 is 2. The number of amides is 1. The number of ether oxygens (including phenoxy) is 2. The Morgan fingerprint density at radius 3 is 2.48 bits per heavy atom. The highest BCUT2D eigenvalue weighted by Crippen LogP contribution is 2.26. The highest BCUT2D eigenvalue weighted by molar-refractivity contribution is 6.08. The Kier molecular flexibility index (Phi) is 4.27. The molecule has 5 nitrogen and oxygen atoms in total. The van der Waals surface area contributed by atoms with Crippen LogP contribution in [0.4, 0.5) is 15.8 Å². The van der Waals surface area contributed by atoms with Crippen LogP contribution < -0.4 is 20.5 Å². The molecule has 0 aliphatic carbocycles. The lowest BCUT2D eigenvalue weighted by molar-refractivity contribution is 0.102. The van der Waals surface area contributed by atoms with E-state index in [9.17, 15) is 9.18 Å². The lowest BCUT2D eigenvalue weighted by atomic mass is 10.1. The summed E-state index contributed by atoms with van der Waals surface area (Å²) in [5.41, 5.74) is 6.63. The van der Waals surface area contributed by atoms with Gasteiger partial charge in [-0.3, -0.25) is 4.79 Å². The number of benzene rings is 2. The van der Waals surface area contributed by atoms with E-state index in [1.165, 1.54) is 32.4 Å². The first-order chi connectivity index (χ1) is 10.1. The molecule has 2 aromatic rings. The summed E-state index contributed by atoms with van der Waals surface area (Å²) in [6.07, 6.45) is 0. The molecule has 0 atom stereocenters. The average Bonchev–Trinajstić information content (AvgIpc) is 2.47. The zero-order valence-electron chi connectivity index (χ0n) is 11.6. The average molecular weight is 290 g/mol. The topological polar surface area (TPSA) is 73.6 Å². The summed E-state index contributed by atoms with van der Waals surface area (Å²) < 4.78 is 23.4. The molecule has 0 aliphatic rings. The molecule has 0 unspecified atom stereocenters. The van der Waals surface area contributed by atoms with Gasteiger partial charge in [-0.15, -0.1) is 0 Å². The number of carbonyl (C=O) groups excluding carboxylic acids is 1. The third kappa shape index (κ3) is 3.05. The first-order valence-corrected chi connectivity index (χ1v) is 6.14. The highest BCUT2D eigenvalue weighted by Gasteiger charge is 2.14. The Bertz CT molecular complexity index is 674. The lowest BCUT2D eigenvalue weighted by Crippen LogP contribution is -2.14. The Morgan fingerprint density at radius 1 is 1.14 bits per heavy atom. The summed E-state index contributed by atoms with van der Waals surface area (Å²) in [5, 5.41) is 2.57. The first-order valence-electron chi connectivity index (χ1n) is 6.14. The van der Waals surface area contributed by atoms with Gasteiger partial charge in [0.2, 0.25) is 0 Å². The summed E-state index contributed by atoms with van der Waals surface area (Å²) in [6.45, 7) is 0. The largest absolute Gasteiger partial charge is 0.495 e. The molecule has 0 spiro atoms. The van der Waals surface area contributed by atoms with E-state index in [-0.39, 0.29) is 17.0 Å². The van der Waals surface area contributed by atoms with Crippen LogP contribution in [-0.2, 0) is 0 Å². The van der Waals surface area contributed by atoms with E-state index >= 15 is 0 Å². The maximum atomic E-state index is 13.6. The standard InChI is InChI=1S/C15H15FN2O3/c1-20-12-7-6-9(8-11(12)16)18-15(19)10-4-3-5-13(21-2)14(10)17/h3-8H,17H2,1-2H3,(H,18,19). The number of nitrogens with one attached hydrogen (secondary N) is 1. The van der Waals surface area contributed by atoms with E-state index in [4.69, 9.17) is 15.2 Å². The molecule has 0 aliphatic heterocycles. The number of hydrogen-bond donors (Lipinski definition) is 2. The lowest BCUT2D eigenvalue weighted by Gasteiger charge is -2.11. The minimum absolute atomic E-state index is 0.105. The summed E-state index contributed by atoms with van der Waals surface area (Å²) in [4.78, 5) is 12.2. The zero-order chi connectivity index (χ0) is 15.4. The number of rotatable bonds is 4. The van der Waals surface area contributed by atoms with Crippen molar-refractivity contribution in [1.82, 2.24) is 0 Å². The zero-order valence-corrected chi connectivity index (χ0v) is 11.6. The van der Waals surface area contributed by atoms with Crippen LogP contribution >= 0.6 is 0 Å². The molecule has 0 bridgehead atoms. The molecule has 0 saturated carbocycles. The monoisotopic (exact) mass is 290 g/mol. The van der Waals surface area contributed by atoms with Gasteiger partial charge in [0.05, 0.1) is 25.5 Å². The molecule has 0 radical (unpaired) electrons. The van der Waals surface area contributed by atoms with Crippen LogP contribution in [0.15, 0.2) is 36.4 Å². The van der Waals surface area contributed by atoms with Gasteiger partial charge in [0.15, 0.2) is 11.6 Å². The SMILES string of the molecule is COc1ccc(NC(=O)c2cccc(OC)c2N)cc1F. The van der Waals surface area contributed by atoms with Gasteiger partial charge >= 0.3 is 0 Å². The van der Waals surface area contributed by atoms with Gasteiger partial charge in [-0.1, -0.05) is 6.07 Å². The Balaban J connectivity index is 2.24. The molecule has 1 amide bonds. The van der Waals surface area contributed by atoms with Crippen LogP contribution in [0.2, 0.25) is 0 Å². The fourth-order valence-electron chi connectivity index (χ4n) is 1.86. The van der Waals surface area contributed by atoms with Gasteiger partial charge in [-0.2, -0.15) is 0 Å². The number of hydrogen-bond acceptors (Lipinski definition) is 4. The normalized spacial score (nSPS) is 10.0. The summed E-state index contributed by atoms with van der Waals surface area (Å²) in [7, 11) is 2.83. The first kappa shape index (κ1) is 14.6. The minimum Gasteiger partial charge on any atom is -0.495 e. The van der Waals surface area contributed by atoms with Crippen molar-refractivity contribution in [3.05, 3.63) is 47.8 Å². The van der Waals surface area contributed by atoms with Crippen molar-refractivity contribution in [2.75, 3.05) is 25.3 Å². The molecule has 110 valence electrons. The molecule has 0 aromatic heterocycles. The molecule has 0 fully saturated rings. The molecule has 0 saturated heterocycles. The third-order valence-corrected chi connectivity index (χ3v) is 2.94. The minimum atomic E-state index is -0.561. The van der Waals surface area contributed by atoms with Gasteiger partial charge in [0.1, 0.15) is 5.75 Å². The van der Waals surface area contributed by atoms with Gasteiger partial charge in [0, 0.05) is 11.8 Å². The van der Waals surface area contributed by atoms with E-state index in [2.05, 4.69) is 5.32 Å². The van der Waals surface area contributed by atoms with Gasteiger partial charge in [0.25, 0.3) is 5.91 Å². The number of nitrogen functional groups attached to an aromatic ring is 1. The summed E-state index contributed by atoms with van der Waals surface area (Å²) in [5.74, 6) is -0.498. The third-order valence-electron chi connectivity index (χ3n) is 2.94. The van der Waals surface area contributed by atoms with Crippen molar-refractivity contribution in [3.63, 3.8) is 0 Å². The molecular weight excluding hydrogens is 275 g/mol. The second-order valence-electron chi connectivity index (χ2n) is 4.22. The molecule has 21 heavy (non-hydrogen) atoms. The van der Waals surface area contributed by atoms with E-state index in [1.54, 1.807) is 18.2 Å². The second kappa shape index (κ2) is 6.13. The predicted octanol–water partition coefficient (Wildman–Crippen LogP) is 2.68. The molecule has 0 heterocycles. The van der Waals surface area contributed by atoms with Crippen molar-refractivity contribution >= 4 is 17.3 Å². The Hall–Kier alpha value is -2.76. The molecule has 2 aromatic carbocycles. The maximum Gasteiger partial charge on any atom is 0.257 e. The van der Waals surface area contributed by atoms with E-state index in [0.717, 1.165) is 0 Å². The molecule has 2 rings (SSSR count). The van der Waals surface area contributed by atoms with E-state index in [0.29, 0.717) is 11.4 Å². The smallest absolute Gasteiger partial charge is 0.257 e. The van der Waals surface area contributed by atoms with Crippen LogP contribution in [0, 0.1) is 5.82 Å². The highest BCUT2D eigenvalue weighted by atomic mass is 19.1. The van der Waals surface area contributed by atoms with Crippen LogP contribution in [0.5, 0.6) is 11.5 Å². The quantitative estimate of drug-likeness (QED) is 0.849.